The first-order valence-electron chi connectivity index (χ1n) is 9.03. The number of fused-ring (bicyclic) bond motifs is 1. The lowest BCUT2D eigenvalue weighted by atomic mass is 10.3. The van der Waals surface area contributed by atoms with Gasteiger partial charge in [0.2, 0.25) is 5.91 Å². The molecule has 3 rings (SSSR count). The van der Waals surface area contributed by atoms with Gasteiger partial charge in [-0.3, -0.25) is 13.9 Å². The Bertz CT molecular complexity index is 1030. The maximum absolute atomic E-state index is 12.7. The molecule has 1 amide bonds. The standard InChI is InChI=1S/C20H21F2N3O2S/c1-2-12-24-15-8-4-5-9-16(15)25(20(24)27)13-11-18(26)23-14-7-3-6-10-17(14)28-19(21)22/h3-10,19H,2,11-13H2,1H3,(H,23,26). The maximum Gasteiger partial charge on any atom is 0.329 e. The Morgan fingerprint density at radius 2 is 1.64 bits per heavy atom. The number of para-hydroxylation sites is 3. The Morgan fingerprint density at radius 3 is 2.29 bits per heavy atom. The van der Waals surface area contributed by atoms with Crippen LogP contribution in [-0.4, -0.2) is 20.8 Å². The number of imidazole rings is 1. The molecule has 0 saturated carbocycles. The summed E-state index contributed by atoms with van der Waals surface area (Å²) >= 11 is 0.388. The van der Waals surface area contributed by atoms with Gasteiger partial charge in [0.05, 0.1) is 16.7 Å². The van der Waals surface area contributed by atoms with Crippen molar-refractivity contribution in [3.63, 3.8) is 0 Å². The van der Waals surface area contributed by atoms with E-state index >= 15 is 0 Å². The molecular formula is C20H21F2N3O2S. The van der Waals surface area contributed by atoms with Crippen molar-refractivity contribution >= 4 is 34.4 Å². The predicted molar refractivity (Wildman–Crippen MR) is 108 cm³/mol. The molecule has 0 spiro atoms. The van der Waals surface area contributed by atoms with Gasteiger partial charge in [-0.25, -0.2) is 4.79 Å². The van der Waals surface area contributed by atoms with Crippen LogP contribution >= 0.6 is 11.8 Å². The van der Waals surface area contributed by atoms with Crippen LogP contribution in [0.2, 0.25) is 0 Å². The zero-order valence-electron chi connectivity index (χ0n) is 15.4. The largest absolute Gasteiger partial charge is 0.329 e. The van der Waals surface area contributed by atoms with Crippen LogP contribution in [0.15, 0.2) is 58.2 Å². The summed E-state index contributed by atoms with van der Waals surface area (Å²) in [6.45, 7) is 2.82. The van der Waals surface area contributed by atoms with Crippen molar-refractivity contribution < 1.29 is 13.6 Å². The number of anilines is 1. The summed E-state index contributed by atoms with van der Waals surface area (Å²) in [5, 5.41) is 2.67. The number of hydrogen-bond acceptors (Lipinski definition) is 3. The highest BCUT2D eigenvalue weighted by Gasteiger charge is 2.15. The van der Waals surface area contributed by atoms with E-state index in [0.717, 1.165) is 17.5 Å². The second kappa shape index (κ2) is 9.05. The Morgan fingerprint density at radius 1 is 1.04 bits per heavy atom. The number of carbonyl (C=O) groups is 1. The van der Waals surface area contributed by atoms with Crippen molar-refractivity contribution in [1.29, 1.82) is 0 Å². The molecule has 8 heteroatoms. The lowest BCUT2D eigenvalue weighted by Crippen LogP contribution is -2.26. The van der Waals surface area contributed by atoms with Crippen LogP contribution in [-0.2, 0) is 17.9 Å². The first kappa shape index (κ1) is 20.1. The van der Waals surface area contributed by atoms with Gasteiger partial charge >= 0.3 is 5.69 Å². The summed E-state index contributed by atoms with van der Waals surface area (Å²) < 4.78 is 28.6. The molecule has 5 nitrogen and oxygen atoms in total. The van der Waals surface area contributed by atoms with Gasteiger partial charge in [-0.2, -0.15) is 8.78 Å². The summed E-state index contributed by atoms with van der Waals surface area (Å²) in [6.07, 6.45) is 0.890. The topological polar surface area (TPSA) is 56.0 Å². The number of nitrogens with zero attached hydrogens (tertiary/aromatic N) is 2. The van der Waals surface area contributed by atoms with Gasteiger partial charge < -0.3 is 5.32 Å². The smallest absolute Gasteiger partial charge is 0.325 e. The molecule has 1 aromatic heterocycles. The summed E-state index contributed by atoms with van der Waals surface area (Å²) in [7, 11) is 0. The molecule has 0 fully saturated rings. The van der Waals surface area contributed by atoms with E-state index < -0.39 is 5.76 Å². The van der Waals surface area contributed by atoms with Gasteiger partial charge in [0.15, 0.2) is 0 Å². The van der Waals surface area contributed by atoms with Crippen LogP contribution < -0.4 is 11.0 Å². The van der Waals surface area contributed by atoms with Gasteiger partial charge in [-0.15, -0.1) is 0 Å². The molecule has 0 aliphatic rings. The number of amides is 1. The van der Waals surface area contributed by atoms with Gasteiger partial charge in [-0.1, -0.05) is 43.0 Å². The maximum atomic E-state index is 12.7. The van der Waals surface area contributed by atoms with Crippen LogP contribution in [0.4, 0.5) is 14.5 Å². The Balaban J connectivity index is 1.76. The lowest BCUT2D eigenvalue weighted by molar-refractivity contribution is -0.116. The van der Waals surface area contributed by atoms with Crippen LogP contribution in [0.3, 0.4) is 0 Å². The SMILES string of the molecule is CCCn1c(=O)n(CCC(=O)Nc2ccccc2SC(F)F)c2ccccc21. The van der Waals surface area contributed by atoms with Crippen LogP contribution in [0.1, 0.15) is 19.8 Å². The van der Waals surface area contributed by atoms with Crippen molar-refractivity contribution in [3.8, 4) is 0 Å². The molecule has 0 aliphatic carbocycles. The molecule has 0 saturated heterocycles. The Hall–Kier alpha value is -2.61. The number of nitrogens with one attached hydrogen (secondary N) is 1. The lowest BCUT2D eigenvalue weighted by Gasteiger charge is -2.10. The zero-order valence-corrected chi connectivity index (χ0v) is 16.2. The van der Waals surface area contributed by atoms with Crippen molar-refractivity contribution in [3.05, 3.63) is 59.0 Å². The van der Waals surface area contributed by atoms with E-state index in [9.17, 15) is 18.4 Å². The molecular weight excluding hydrogens is 384 g/mol. The average Bonchev–Trinajstić information content (AvgIpc) is 2.93. The summed E-state index contributed by atoms with van der Waals surface area (Å²) in [6, 6.07) is 13.9. The van der Waals surface area contributed by atoms with Gasteiger partial charge in [0.25, 0.3) is 5.76 Å². The minimum absolute atomic E-state index is 0.0632. The summed E-state index contributed by atoms with van der Waals surface area (Å²) in [5.41, 5.74) is 1.82. The quantitative estimate of drug-likeness (QED) is 0.559. The normalized spacial score (nSPS) is 11.3. The highest BCUT2D eigenvalue weighted by molar-refractivity contribution is 7.99. The summed E-state index contributed by atoms with van der Waals surface area (Å²) in [4.78, 5) is 25.4. The first-order valence-corrected chi connectivity index (χ1v) is 9.91. The van der Waals surface area contributed by atoms with Gasteiger partial charge in [-0.05, 0) is 30.7 Å². The molecule has 148 valence electrons. The van der Waals surface area contributed by atoms with Crippen LogP contribution in [0.25, 0.3) is 11.0 Å². The van der Waals surface area contributed by atoms with Crippen LogP contribution in [0, 0.1) is 0 Å². The van der Waals surface area contributed by atoms with Gasteiger partial charge in [0.1, 0.15) is 0 Å². The fourth-order valence-corrected chi connectivity index (χ4v) is 3.72. The molecule has 1 heterocycles. The fourth-order valence-electron chi connectivity index (χ4n) is 3.12. The third kappa shape index (κ3) is 4.44. The minimum atomic E-state index is -2.57. The number of carbonyl (C=O) groups excluding carboxylic acids is 1. The molecule has 0 unspecified atom stereocenters. The van der Waals surface area contributed by atoms with E-state index in [1.165, 1.54) is 6.07 Å². The number of rotatable bonds is 8. The number of thioether (sulfide) groups is 1. The number of hydrogen-bond donors (Lipinski definition) is 1. The highest BCUT2D eigenvalue weighted by Crippen LogP contribution is 2.31. The van der Waals surface area contributed by atoms with Crippen molar-refractivity contribution in [1.82, 2.24) is 9.13 Å². The predicted octanol–water partition coefficient (Wildman–Crippen LogP) is 4.56. The minimum Gasteiger partial charge on any atom is -0.325 e. The summed E-state index contributed by atoms with van der Waals surface area (Å²) in [5.74, 6) is -2.90. The molecule has 3 aromatic rings. The molecule has 2 aromatic carbocycles. The van der Waals surface area contributed by atoms with E-state index in [1.54, 1.807) is 27.3 Å². The number of aromatic nitrogens is 2. The number of benzene rings is 2. The third-order valence-corrected chi connectivity index (χ3v) is 5.10. The number of aryl methyl sites for hydroxylation is 2. The monoisotopic (exact) mass is 405 g/mol. The molecule has 1 N–H and O–H groups in total. The first-order chi connectivity index (χ1) is 13.5. The molecule has 0 bridgehead atoms. The molecule has 0 aliphatic heterocycles. The van der Waals surface area contributed by atoms with Crippen molar-refractivity contribution in [2.45, 2.75) is 43.5 Å². The fraction of sp³-hybridized carbons (Fsp3) is 0.300. The second-order valence-corrected chi connectivity index (χ2v) is 7.28. The second-order valence-electron chi connectivity index (χ2n) is 6.25. The molecule has 0 radical (unpaired) electrons. The van der Waals surface area contributed by atoms with E-state index in [4.69, 9.17) is 0 Å². The Labute approximate surface area is 165 Å². The third-order valence-electron chi connectivity index (χ3n) is 4.31. The van der Waals surface area contributed by atoms with Gasteiger partial charge in [0, 0.05) is 24.4 Å². The Kier molecular flexibility index (Phi) is 6.51. The number of halogens is 2. The van der Waals surface area contributed by atoms with E-state index in [-0.39, 0.29) is 24.6 Å². The van der Waals surface area contributed by atoms with E-state index in [1.807, 2.05) is 31.2 Å². The van der Waals surface area contributed by atoms with Crippen molar-refractivity contribution in [2.75, 3.05) is 5.32 Å². The molecule has 0 atom stereocenters. The van der Waals surface area contributed by atoms with E-state index in [2.05, 4.69) is 5.32 Å². The molecule has 28 heavy (non-hydrogen) atoms. The number of alkyl halides is 2. The highest BCUT2D eigenvalue weighted by atomic mass is 32.2. The zero-order chi connectivity index (χ0) is 20.1. The van der Waals surface area contributed by atoms with E-state index in [0.29, 0.717) is 28.9 Å². The average molecular weight is 405 g/mol. The van der Waals surface area contributed by atoms with Crippen LogP contribution in [0.5, 0.6) is 0 Å². The van der Waals surface area contributed by atoms with Crippen molar-refractivity contribution in [2.24, 2.45) is 0 Å².